The molecule has 0 saturated heterocycles. The molecule has 0 atom stereocenters. The van der Waals surface area contributed by atoms with Crippen molar-refractivity contribution in [3.05, 3.63) is 46.5 Å². The summed E-state index contributed by atoms with van der Waals surface area (Å²) >= 11 is 1.71. The van der Waals surface area contributed by atoms with Crippen LogP contribution in [-0.2, 0) is 13.6 Å². The molecule has 0 unspecified atom stereocenters. The number of thiophene rings is 1. The van der Waals surface area contributed by atoms with Gasteiger partial charge in [0.2, 0.25) is 0 Å². The molecule has 0 radical (unpaired) electrons. The van der Waals surface area contributed by atoms with E-state index in [1.807, 2.05) is 28.7 Å². The summed E-state index contributed by atoms with van der Waals surface area (Å²) in [6.45, 7) is 0.763. The average molecular weight is 312 g/mol. The van der Waals surface area contributed by atoms with E-state index < -0.39 is 0 Å². The minimum absolute atomic E-state index is 0.458. The number of aliphatic imine (C=N–C) groups is 1. The van der Waals surface area contributed by atoms with Crippen LogP contribution in [0.15, 0.2) is 41.1 Å². The van der Waals surface area contributed by atoms with E-state index in [9.17, 15) is 0 Å². The van der Waals surface area contributed by atoms with Gasteiger partial charge in [-0.15, -0.1) is 11.3 Å². The zero-order valence-electron chi connectivity index (χ0n) is 12.4. The lowest BCUT2D eigenvalue weighted by Crippen LogP contribution is -2.25. The number of aromatic nitrogens is 3. The molecule has 2 N–H and O–H groups in total. The Morgan fingerprint density at radius 2 is 2.41 bits per heavy atom. The lowest BCUT2D eigenvalue weighted by Gasteiger charge is -2.00. The van der Waals surface area contributed by atoms with Crippen molar-refractivity contribution in [3.63, 3.8) is 0 Å². The van der Waals surface area contributed by atoms with Gasteiger partial charge < -0.3 is 5.73 Å². The van der Waals surface area contributed by atoms with Gasteiger partial charge >= 0.3 is 0 Å². The summed E-state index contributed by atoms with van der Waals surface area (Å²) in [5.74, 6) is 0.669. The predicted octanol–water partition coefficient (Wildman–Crippen LogP) is 1.84. The van der Waals surface area contributed by atoms with Gasteiger partial charge in [-0.2, -0.15) is 5.10 Å². The van der Waals surface area contributed by atoms with E-state index in [0.717, 1.165) is 23.0 Å². The molecular formula is C16H18N5S+. The fraction of sp³-hybridized carbons (Fsp3) is 0.312. The summed E-state index contributed by atoms with van der Waals surface area (Å²) in [6.07, 6.45) is 8.38. The van der Waals surface area contributed by atoms with Crippen LogP contribution in [0.25, 0.3) is 10.9 Å². The molecule has 1 fully saturated rings. The first-order valence-electron chi connectivity index (χ1n) is 7.41. The standard InChI is InChI=1S/C16H18N5S/c1-20-5-4-15-12(8-20)7-18-21(15)9-14-6-11(10-22-14)16(17)19-13-2-3-13/h4-8,10,13H,2-3,9H2,1H3,(H2,17,19)/q+1. The van der Waals surface area contributed by atoms with Gasteiger partial charge in [-0.25, -0.2) is 4.57 Å². The van der Waals surface area contributed by atoms with E-state index in [-0.39, 0.29) is 0 Å². The van der Waals surface area contributed by atoms with Gasteiger partial charge in [0.05, 0.1) is 29.7 Å². The van der Waals surface area contributed by atoms with E-state index in [1.165, 1.54) is 17.7 Å². The van der Waals surface area contributed by atoms with Crippen LogP contribution in [0.1, 0.15) is 23.3 Å². The topological polar surface area (TPSA) is 60.1 Å². The van der Waals surface area contributed by atoms with Gasteiger partial charge in [0.25, 0.3) is 0 Å². The average Bonchev–Trinajstić information content (AvgIpc) is 3.05. The molecule has 0 spiro atoms. The Morgan fingerprint density at radius 3 is 3.23 bits per heavy atom. The summed E-state index contributed by atoms with van der Waals surface area (Å²) in [6, 6.07) is 4.68. The molecule has 0 bridgehead atoms. The molecule has 3 aromatic rings. The zero-order valence-corrected chi connectivity index (χ0v) is 13.3. The molecule has 6 heteroatoms. The van der Waals surface area contributed by atoms with E-state index in [4.69, 9.17) is 5.73 Å². The lowest BCUT2D eigenvalue weighted by atomic mass is 10.3. The highest BCUT2D eigenvalue weighted by atomic mass is 32.1. The van der Waals surface area contributed by atoms with Crippen molar-refractivity contribution in [1.29, 1.82) is 0 Å². The smallest absolute Gasteiger partial charge is 0.179 e. The molecule has 3 heterocycles. The number of aryl methyl sites for hydroxylation is 1. The van der Waals surface area contributed by atoms with Crippen LogP contribution in [-0.4, -0.2) is 21.7 Å². The molecule has 0 aliphatic heterocycles. The maximum atomic E-state index is 6.06. The first-order chi connectivity index (χ1) is 10.7. The second-order valence-corrected chi connectivity index (χ2v) is 6.80. The molecule has 0 amide bonds. The first-order valence-corrected chi connectivity index (χ1v) is 8.29. The number of fused-ring (bicyclic) bond motifs is 1. The molecule has 112 valence electrons. The second kappa shape index (κ2) is 5.21. The van der Waals surface area contributed by atoms with Crippen molar-refractivity contribution in [2.45, 2.75) is 25.4 Å². The molecular weight excluding hydrogens is 294 g/mol. The number of amidine groups is 1. The van der Waals surface area contributed by atoms with Gasteiger partial charge in [-0.3, -0.25) is 9.67 Å². The first kappa shape index (κ1) is 13.5. The van der Waals surface area contributed by atoms with Gasteiger partial charge in [0.1, 0.15) is 12.9 Å². The molecule has 5 nitrogen and oxygen atoms in total. The van der Waals surface area contributed by atoms with Crippen molar-refractivity contribution in [3.8, 4) is 0 Å². The minimum Gasteiger partial charge on any atom is -0.383 e. The van der Waals surface area contributed by atoms with Crippen molar-refractivity contribution >= 4 is 28.1 Å². The molecule has 1 aliphatic carbocycles. The highest BCUT2D eigenvalue weighted by Crippen LogP contribution is 2.25. The fourth-order valence-electron chi connectivity index (χ4n) is 2.49. The number of hydrogen-bond acceptors (Lipinski definition) is 3. The van der Waals surface area contributed by atoms with Gasteiger partial charge in [0, 0.05) is 21.9 Å². The number of rotatable bonds is 4. The number of pyridine rings is 1. The van der Waals surface area contributed by atoms with Crippen molar-refractivity contribution in [2.75, 3.05) is 0 Å². The fourth-order valence-corrected chi connectivity index (χ4v) is 3.35. The van der Waals surface area contributed by atoms with Crippen LogP contribution in [0, 0.1) is 0 Å². The maximum Gasteiger partial charge on any atom is 0.179 e. The van der Waals surface area contributed by atoms with Crippen LogP contribution in [0.5, 0.6) is 0 Å². The van der Waals surface area contributed by atoms with Crippen LogP contribution < -0.4 is 10.3 Å². The van der Waals surface area contributed by atoms with Gasteiger partial charge in [-0.1, -0.05) is 0 Å². The normalized spacial score (nSPS) is 15.6. The SMILES string of the molecule is C[n+]1ccc2c(cnn2Cc2cc(C(N)=NC3CC3)cs2)c1. The molecule has 1 saturated carbocycles. The quantitative estimate of drug-likeness (QED) is 0.454. The number of nitrogens with zero attached hydrogens (tertiary/aromatic N) is 4. The van der Waals surface area contributed by atoms with Crippen molar-refractivity contribution in [2.24, 2.45) is 17.8 Å². The van der Waals surface area contributed by atoms with Gasteiger partial charge in [0.15, 0.2) is 12.4 Å². The number of nitrogens with two attached hydrogens (primary N) is 1. The Morgan fingerprint density at radius 1 is 1.55 bits per heavy atom. The second-order valence-electron chi connectivity index (χ2n) is 5.80. The Kier molecular flexibility index (Phi) is 3.18. The Labute approximate surface area is 132 Å². The van der Waals surface area contributed by atoms with E-state index in [0.29, 0.717) is 11.9 Å². The molecule has 22 heavy (non-hydrogen) atoms. The summed E-state index contributed by atoms with van der Waals surface area (Å²) in [7, 11) is 2.02. The van der Waals surface area contributed by atoms with Crippen LogP contribution >= 0.6 is 11.3 Å². The summed E-state index contributed by atoms with van der Waals surface area (Å²) in [4.78, 5) is 5.74. The Balaban J connectivity index is 1.58. The number of hydrogen-bond donors (Lipinski definition) is 1. The van der Waals surface area contributed by atoms with Crippen LogP contribution in [0.4, 0.5) is 0 Å². The summed E-state index contributed by atoms with van der Waals surface area (Å²) < 4.78 is 4.06. The highest BCUT2D eigenvalue weighted by Gasteiger charge is 2.21. The largest absolute Gasteiger partial charge is 0.383 e. The third-order valence-electron chi connectivity index (χ3n) is 3.84. The monoisotopic (exact) mass is 312 g/mol. The molecule has 1 aliphatic rings. The van der Waals surface area contributed by atoms with Crippen LogP contribution in [0.2, 0.25) is 0 Å². The van der Waals surface area contributed by atoms with Crippen molar-refractivity contribution in [1.82, 2.24) is 9.78 Å². The third-order valence-corrected chi connectivity index (χ3v) is 4.77. The maximum absolute atomic E-state index is 6.06. The van der Waals surface area contributed by atoms with E-state index >= 15 is 0 Å². The molecule has 3 aromatic heterocycles. The Hall–Kier alpha value is -2.21. The van der Waals surface area contributed by atoms with E-state index in [2.05, 4.69) is 33.8 Å². The van der Waals surface area contributed by atoms with Crippen molar-refractivity contribution < 1.29 is 4.57 Å². The Bertz CT molecular complexity index is 856. The summed E-state index contributed by atoms with van der Waals surface area (Å²) in [5, 5.41) is 7.73. The molecule has 0 aromatic carbocycles. The third kappa shape index (κ3) is 2.62. The molecule has 4 rings (SSSR count). The predicted molar refractivity (Wildman–Crippen MR) is 88.1 cm³/mol. The van der Waals surface area contributed by atoms with Crippen LogP contribution in [0.3, 0.4) is 0 Å². The highest BCUT2D eigenvalue weighted by molar-refractivity contribution is 7.10. The van der Waals surface area contributed by atoms with E-state index in [1.54, 1.807) is 11.3 Å². The minimum atomic E-state index is 0.458. The summed E-state index contributed by atoms with van der Waals surface area (Å²) in [5.41, 5.74) is 8.24. The van der Waals surface area contributed by atoms with Gasteiger partial charge in [-0.05, 0) is 18.9 Å². The zero-order chi connectivity index (χ0) is 15.1. The lowest BCUT2D eigenvalue weighted by molar-refractivity contribution is -0.670.